The normalized spacial score (nSPS) is 21.1. The lowest BCUT2D eigenvalue weighted by atomic mass is 9.94. The van der Waals surface area contributed by atoms with Crippen LogP contribution in [0.25, 0.3) is 0 Å². The maximum Gasteiger partial charge on any atom is 0.128 e. The summed E-state index contributed by atoms with van der Waals surface area (Å²) in [5.41, 5.74) is 6.95. The molecule has 0 aromatic carbocycles. The molecule has 1 fully saturated rings. The lowest BCUT2D eigenvalue weighted by molar-refractivity contribution is 0.181. The molecule has 0 amide bonds. The number of rotatable bonds is 5. The molecule has 1 aromatic heterocycles. The van der Waals surface area contributed by atoms with Crippen LogP contribution in [-0.2, 0) is 4.74 Å². The quantitative estimate of drug-likeness (QED) is 0.862. The minimum Gasteiger partial charge on any atom is -0.383 e. The van der Waals surface area contributed by atoms with Crippen molar-refractivity contribution in [1.29, 1.82) is 0 Å². The zero-order valence-electron chi connectivity index (χ0n) is 10.7. The molecule has 0 radical (unpaired) electrons. The molecule has 1 aromatic rings. The highest BCUT2D eigenvalue weighted by molar-refractivity contribution is 6.30. The summed E-state index contributed by atoms with van der Waals surface area (Å²) < 4.78 is 5.43. The first-order valence-electron chi connectivity index (χ1n) is 6.42. The number of pyridine rings is 1. The third-order valence-electron chi connectivity index (χ3n) is 3.34. The summed E-state index contributed by atoms with van der Waals surface area (Å²) in [4.78, 5) is 4.13. The molecule has 0 bridgehead atoms. The topological polar surface area (TPSA) is 60.2 Å². The van der Waals surface area contributed by atoms with Gasteiger partial charge in [0.2, 0.25) is 0 Å². The average Bonchev–Trinajstić information content (AvgIpc) is 2.85. The van der Waals surface area contributed by atoms with Crippen LogP contribution in [0.1, 0.15) is 31.4 Å². The molecule has 2 unspecified atom stereocenters. The number of halogens is 1. The van der Waals surface area contributed by atoms with Gasteiger partial charge in [0.25, 0.3) is 0 Å². The predicted molar refractivity (Wildman–Crippen MR) is 73.6 cm³/mol. The number of ether oxygens (including phenoxy) is 1. The fraction of sp³-hybridized carbons (Fsp3) is 0.615. The Hall–Kier alpha value is -0.840. The highest BCUT2D eigenvalue weighted by Gasteiger charge is 2.23. The Morgan fingerprint density at radius 1 is 1.67 bits per heavy atom. The van der Waals surface area contributed by atoms with Gasteiger partial charge in [0, 0.05) is 31.0 Å². The highest BCUT2D eigenvalue weighted by Crippen LogP contribution is 2.30. The second-order valence-electron chi connectivity index (χ2n) is 4.70. The van der Waals surface area contributed by atoms with E-state index in [1.165, 1.54) is 0 Å². The monoisotopic (exact) mass is 269 g/mol. The molecule has 4 nitrogen and oxygen atoms in total. The van der Waals surface area contributed by atoms with Crippen LogP contribution in [0.15, 0.2) is 12.3 Å². The SMILES string of the molecule is CCNC(CC1CCOC1)c1cc(Cl)cnc1N. The zero-order valence-corrected chi connectivity index (χ0v) is 11.4. The summed E-state index contributed by atoms with van der Waals surface area (Å²) in [5, 5.41) is 4.09. The van der Waals surface area contributed by atoms with Gasteiger partial charge in [-0.25, -0.2) is 4.98 Å². The molecular formula is C13H20ClN3O. The van der Waals surface area contributed by atoms with Crippen molar-refractivity contribution in [1.82, 2.24) is 10.3 Å². The number of nitrogens with one attached hydrogen (secondary N) is 1. The largest absolute Gasteiger partial charge is 0.383 e. The van der Waals surface area contributed by atoms with Gasteiger partial charge in [0.05, 0.1) is 5.02 Å². The van der Waals surface area contributed by atoms with Crippen LogP contribution in [0, 0.1) is 5.92 Å². The van der Waals surface area contributed by atoms with E-state index in [1.54, 1.807) is 6.20 Å². The van der Waals surface area contributed by atoms with Gasteiger partial charge in [-0.3, -0.25) is 0 Å². The van der Waals surface area contributed by atoms with Crippen LogP contribution in [0.5, 0.6) is 0 Å². The van der Waals surface area contributed by atoms with E-state index in [-0.39, 0.29) is 6.04 Å². The van der Waals surface area contributed by atoms with E-state index >= 15 is 0 Å². The van der Waals surface area contributed by atoms with Crippen molar-refractivity contribution >= 4 is 17.4 Å². The third-order valence-corrected chi connectivity index (χ3v) is 3.54. The minimum absolute atomic E-state index is 0.202. The van der Waals surface area contributed by atoms with Crippen molar-refractivity contribution in [3.8, 4) is 0 Å². The Labute approximate surface area is 113 Å². The van der Waals surface area contributed by atoms with E-state index in [9.17, 15) is 0 Å². The number of anilines is 1. The molecule has 0 aliphatic carbocycles. The third kappa shape index (κ3) is 3.34. The maximum atomic E-state index is 6.01. The van der Waals surface area contributed by atoms with Gasteiger partial charge in [0.1, 0.15) is 5.82 Å². The summed E-state index contributed by atoms with van der Waals surface area (Å²) in [6.07, 6.45) is 3.72. The number of nitrogens with zero attached hydrogens (tertiary/aromatic N) is 1. The molecule has 2 rings (SSSR count). The van der Waals surface area contributed by atoms with E-state index in [1.807, 2.05) is 6.07 Å². The summed E-state index contributed by atoms with van der Waals surface area (Å²) in [5.74, 6) is 1.15. The van der Waals surface area contributed by atoms with E-state index in [0.29, 0.717) is 16.8 Å². The Bertz CT molecular complexity index is 394. The molecule has 2 heterocycles. The summed E-state index contributed by atoms with van der Waals surface area (Å²) in [6.45, 7) is 4.69. The predicted octanol–water partition coefficient (Wildman–Crippen LogP) is 2.39. The molecule has 0 saturated carbocycles. The van der Waals surface area contributed by atoms with Crippen molar-refractivity contribution < 1.29 is 4.74 Å². The number of nitrogens with two attached hydrogens (primary N) is 1. The van der Waals surface area contributed by atoms with Crippen molar-refractivity contribution in [2.24, 2.45) is 5.92 Å². The van der Waals surface area contributed by atoms with E-state index in [2.05, 4.69) is 17.2 Å². The molecule has 5 heteroatoms. The number of nitrogen functional groups attached to an aromatic ring is 1. The molecule has 1 aliphatic heterocycles. The standard InChI is InChI=1S/C13H20ClN3O/c1-2-16-12(5-9-3-4-18-8-9)11-6-10(14)7-17-13(11)15/h6-7,9,12,16H,2-5,8H2,1H3,(H2,15,17). The van der Waals surface area contributed by atoms with Crippen molar-refractivity contribution in [3.05, 3.63) is 22.8 Å². The lowest BCUT2D eigenvalue weighted by Crippen LogP contribution is -2.25. The Balaban J connectivity index is 2.14. The first kappa shape index (κ1) is 13.6. The van der Waals surface area contributed by atoms with E-state index in [0.717, 1.165) is 38.2 Å². The van der Waals surface area contributed by atoms with Gasteiger partial charge >= 0.3 is 0 Å². The van der Waals surface area contributed by atoms with Gasteiger partial charge in [0.15, 0.2) is 0 Å². The van der Waals surface area contributed by atoms with Crippen molar-refractivity contribution in [2.75, 3.05) is 25.5 Å². The summed E-state index contributed by atoms with van der Waals surface area (Å²) in [7, 11) is 0. The van der Waals surface area contributed by atoms with Gasteiger partial charge in [-0.2, -0.15) is 0 Å². The van der Waals surface area contributed by atoms with Crippen LogP contribution in [0.2, 0.25) is 5.02 Å². The van der Waals surface area contributed by atoms with Crippen molar-refractivity contribution in [3.63, 3.8) is 0 Å². The molecule has 0 spiro atoms. The van der Waals surface area contributed by atoms with E-state index < -0.39 is 0 Å². The second kappa shape index (κ2) is 6.36. The Kier molecular flexibility index (Phi) is 4.80. The van der Waals surface area contributed by atoms with Crippen LogP contribution < -0.4 is 11.1 Å². The second-order valence-corrected chi connectivity index (χ2v) is 5.14. The first-order chi connectivity index (χ1) is 8.70. The van der Waals surface area contributed by atoms with Crippen LogP contribution >= 0.6 is 11.6 Å². The average molecular weight is 270 g/mol. The molecular weight excluding hydrogens is 250 g/mol. The molecule has 1 saturated heterocycles. The zero-order chi connectivity index (χ0) is 13.0. The number of hydrogen-bond acceptors (Lipinski definition) is 4. The Morgan fingerprint density at radius 3 is 3.17 bits per heavy atom. The van der Waals surface area contributed by atoms with Gasteiger partial charge in [-0.05, 0) is 31.4 Å². The first-order valence-corrected chi connectivity index (χ1v) is 6.80. The van der Waals surface area contributed by atoms with Crippen LogP contribution in [-0.4, -0.2) is 24.7 Å². The van der Waals surface area contributed by atoms with Gasteiger partial charge < -0.3 is 15.8 Å². The Morgan fingerprint density at radius 2 is 2.50 bits per heavy atom. The fourth-order valence-corrected chi connectivity index (χ4v) is 2.58. The molecule has 1 aliphatic rings. The number of aromatic nitrogens is 1. The van der Waals surface area contributed by atoms with Gasteiger partial charge in [-0.15, -0.1) is 0 Å². The van der Waals surface area contributed by atoms with Crippen LogP contribution in [0.3, 0.4) is 0 Å². The molecule has 3 N–H and O–H groups in total. The molecule has 18 heavy (non-hydrogen) atoms. The molecule has 100 valence electrons. The highest BCUT2D eigenvalue weighted by atomic mass is 35.5. The molecule has 2 atom stereocenters. The van der Waals surface area contributed by atoms with Crippen molar-refractivity contribution in [2.45, 2.75) is 25.8 Å². The summed E-state index contributed by atoms with van der Waals surface area (Å²) >= 11 is 6.01. The minimum atomic E-state index is 0.202. The number of hydrogen-bond donors (Lipinski definition) is 2. The lowest BCUT2D eigenvalue weighted by Gasteiger charge is -2.22. The van der Waals surface area contributed by atoms with E-state index in [4.69, 9.17) is 22.1 Å². The van der Waals surface area contributed by atoms with Gasteiger partial charge in [-0.1, -0.05) is 18.5 Å². The van der Waals surface area contributed by atoms with Crippen LogP contribution in [0.4, 0.5) is 5.82 Å². The maximum absolute atomic E-state index is 6.01. The fourth-order valence-electron chi connectivity index (χ4n) is 2.41. The smallest absolute Gasteiger partial charge is 0.128 e. The summed E-state index contributed by atoms with van der Waals surface area (Å²) in [6, 6.07) is 2.11.